The van der Waals surface area contributed by atoms with Gasteiger partial charge in [0.1, 0.15) is 0 Å². The monoisotopic (exact) mass is 254 g/mol. The SMILES string of the molecule is CNC(=S)Nc1ccccc1NC(=S)NC. The van der Waals surface area contributed by atoms with Gasteiger partial charge in [-0.1, -0.05) is 12.1 Å². The van der Waals surface area contributed by atoms with E-state index in [2.05, 4.69) is 21.3 Å². The van der Waals surface area contributed by atoms with E-state index >= 15 is 0 Å². The van der Waals surface area contributed by atoms with Crippen molar-refractivity contribution in [3.8, 4) is 0 Å². The second-order valence-electron chi connectivity index (χ2n) is 2.95. The Hall–Kier alpha value is -1.40. The summed E-state index contributed by atoms with van der Waals surface area (Å²) in [7, 11) is 3.53. The van der Waals surface area contributed by atoms with Gasteiger partial charge in [-0.15, -0.1) is 0 Å². The van der Waals surface area contributed by atoms with Crippen molar-refractivity contribution >= 4 is 46.0 Å². The first-order valence-corrected chi connectivity index (χ1v) is 5.55. The molecule has 86 valence electrons. The van der Waals surface area contributed by atoms with Crippen LogP contribution >= 0.6 is 24.4 Å². The van der Waals surface area contributed by atoms with E-state index in [1.54, 1.807) is 14.1 Å². The van der Waals surface area contributed by atoms with Crippen molar-refractivity contribution in [1.29, 1.82) is 0 Å². The molecule has 1 rings (SSSR count). The summed E-state index contributed by atoms with van der Waals surface area (Å²) in [5, 5.41) is 12.9. The van der Waals surface area contributed by atoms with Crippen LogP contribution in [0.3, 0.4) is 0 Å². The Bertz CT molecular complexity index is 355. The normalized spacial score (nSPS) is 9.12. The zero-order chi connectivity index (χ0) is 12.0. The lowest BCUT2D eigenvalue weighted by Gasteiger charge is -2.14. The van der Waals surface area contributed by atoms with Crippen molar-refractivity contribution in [2.24, 2.45) is 0 Å². The van der Waals surface area contributed by atoms with E-state index in [9.17, 15) is 0 Å². The Balaban J connectivity index is 2.83. The fourth-order valence-electron chi connectivity index (χ4n) is 1.07. The summed E-state index contributed by atoms with van der Waals surface area (Å²) >= 11 is 10.1. The van der Waals surface area contributed by atoms with Crippen LogP contribution in [0, 0.1) is 0 Å². The fraction of sp³-hybridized carbons (Fsp3) is 0.200. The van der Waals surface area contributed by atoms with E-state index in [1.807, 2.05) is 24.3 Å². The standard InChI is InChI=1S/C10H14N4S2/c1-11-9(15)13-7-5-3-4-6-8(7)14-10(16)12-2/h3-6H,1-2H3,(H2,11,13,15)(H2,12,14,16). The van der Waals surface area contributed by atoms with Crippen LogP contribution in [0.5, 0.6) is 0 Å². The third-order valence-electron chi connectivity index (χ3n) is 1.88. The van der Waals surface area contributed by atoms with Gasteiger partial charge < -0.3 is 21.3 Å². The molecule has 0 radical (unpaired) electrons. The molecule has 0 fully saturated rings. The zero-order valence-corrected chi connectivity index (χ0v) is 10.8. The molecular weight excluding hydrogens is 240 g/mol. The van der Waals surface area contributed by atoms with Crippen molar-refractivity contribution in [2.45, 2.75) is 0 Å². The van der Waals surface area contributed by atoms with Crippen molar-refractivity contribution in [2.75, 3.05) is 24.7 Å². The van der Waals surface area contributed by atoms with Crippen LogP contribution in [0.4, 0.5) is 11.4 Å². The Labute approximate surface area is 106 Å². The quantitative estimate of drug-likeness (QED) is 0.600. The van der Waals surface area contributed by atoms with Gasteiger partial charge >= 0.3 is 0 Å². The number of nitrogens with one attached hydrogen (secondary N) is 4. The van der Waals surface area contributed by atoms with Gasteiger partial charge in [-0.05, 0) is 36.6 Å². The maximum Gasteiger partial charge on any atom is 0.170 e. The zero-order valence-electron chi connectivity index (χ0n) is 9.13. The van der Waals surface area contributed by atoms with Crippen LogP contribution in [0.15, 0.2) is 24.3 Å². The molecule has 0 bridgehead atoms. The van der Waals surface area contributed by atoms with Crippen LogP contribution in [0.25, 0.3) is 0 Å². The summed E-state index contributed by atoms with van der Waals surface area (Å²) in [4.78, 5) is 0. The number of anilines is 2. The second-order valence-corrected chi connectivity index (χ2v) is 3.77. The first-order chi connectivity index (χ1) is 7.67. The summed E-state index contributed by atoms with van der Waals surface area (Å²) in [6.45, 7) is 0. The Morgan fingerprint density at radius 1 is 0.875 bits per heavy atom. The van der Waals surface area contributed by atoms with Crippen molar-refractivity contribution < 1.29 is 0 Å². The van der Waals surface area contributed by atoms with E-state index in [0.717, 1.165) is 11.4 Å². The van der Waals surface area contributed by atoms with Crippen LogP contribution in [0.2, 0.25) is 0 Å². The highest BCUT2D eigenvalue weighted by atomic mass is 32.1. The van der Waals surface area contributed by atoms with Crippen molar-refractivity contribution in [3.63, 3.8) is 0 Å². The molecule has 0 atom stereocenters. The Morgan fingerprint density at radius 3 is 1.56 bits per heavy atom. The first kappa shape index (κ1) is 12.7. The van der Waals surface area contributed by atoms with Gasteiger partial charge in [-0.25, -0.2) is 0 Å². The van der Waals surface area contributed by atoms with Crippen molar-refractivity contribution in [1.82, 2.24) is 10.6 Å². The molecule has 0 saturated heterocycles. The molecule has 0 aliphatic heterocycles. The minimum atomic E-state index is 0.560. The molecule has 0 unspecified atom stereocenters. The number of para-hydroxylation sites is 2. The molecule has 1 aromatic carbocycles. The molecule has 1 aromatic rings. The number of hydrogen-bond acceptors (Lipinski definition) is 2. The lowest BCUT2D eigenvalue weighted by molar-refractivity contribution is 1.19. The highest BCUT2D eigenvalue weighted by Gasteiger charge is 2.03. The lowest BCUT2D eigenvalue weighted by Crippen LogP contribution is -2.27. The molecule has 0 aliphatic carbocycles. The molecule has 4 nitrogen and oxygen atoms in total. The van der Waals surface area contributed by atoms with Gasteiger partial charge in [0, 0.05) is 14.1 Å². The first-order valence-electron chi connectivity index (χ1n) is 4.74. The van der Waals surface area contributed by atoms with Gasteiger partial charge in [0.25, 0.3) is 0 Å². The molecule has 16 heavy (non-hydrogen) atoms. The minimum Gasteiger partial charge on any atom is -0.366 e. The number of hydrogen-bond donors (Lipinski definition) is 4. The van der Waals surface area contributed by atoms with Crippen molar-refractivity contribution in [3.05, 3.63) is 24.3 Å². The smallest absolute Gasteiger partial charge is 0.170 e. The van der Waals surface area contributed by atoms with Gasteiger partial charge in [0.2, 0.25) is 0 Å². The van der Waals surface area contributed by atoms with E-state index in [1.165, 1.54) is 0 Å². The van der Waals surface area contributed by atoms with E-state index in [-0.39, 0.29) is 0 Å². The Kier molecular flexibility index (Phi) is 4.94. The third kappa shape index (κ3) is 3.63. The summed E-state index contributed by atoms with van der Waals surface area (Å²) in [6.07, 6.45) is 0. The van der Waals surface area contributed by atoms with E-state index in [0.29, 0.717) is 10.2 Å². The largest absolute Gasteiger partial charge is 0.366 e. The molecule has 0 spiro atoms. The predicted octanol–water partition coefficient (Wildman–Crippen LogP) is 1.52. The summed E-state index contributed by atoms with van der Waals surface area (Å²) in [5.74, 6) is 0. The average Bonchev–Trinajstić information content (AvgIpc) is 2.31. The molecule has 0 amide bonds. The number of rotatable bonds is 2. The summed E-state index contributed by atoms with van der Waals surface area (Å²) in [6, 6.07) is 7.69. The second kappa shape index (κ2) is 6.24. The molecule has 0 heterocycles. The topological polar surface area (TPSA) is 48.1 Å². The molecule has 0 aliphatic rings. The minimum absolute atomic E-state index is 0.560. The lowest BCUT2D eigenvalue weighted by atomic mass is 10.2. The molecule has 6 heteroatoms. The van der Waals surface area contributed by atoms with Crippen LogP contribution in [-0.2, 0) is 0 Å². The Morgan fingerprint density at radius 2 is 1.25 bits per heavy atom. The number of benzene rings is 1. The number of thiocarbonyl (C=S) groups is 2. The molecular formula is C10H14N4S2. The molecule has 0 saturated carbocycles. The van der Waals surface area contributed by atoms with E-state index < -0.39 is 0 Å². The predicted molar refractivity (Wildman–Crippen MR) is 77.0 cm³/mol. The highest BCUT2D eigenvalue weighted by molar-refractivity contribution is 7.80. The van der Waals surface area contributed by atoms with E-state index in [4.69, 9.17) is 24.4 Å². The summed E-state index contributed by atoms with van der Waals surface area (Å²) < 4.78 is 0. The maximum atomic E-state index is 5.04. The fourth-order valence-corrected chi connectivity index (χ4v) is 1.29. The average molecular weight is 254 g/mol. The van der Waals surface area contributed by atoms with Gasteiger partial charge in [-0.2, -0.15) is 0 Å². The third-order valence-corrected chi connectivity index (χ3v) is 2.49. The van der Waals surface area contributed by atoms with Crippen LogP contribution in [-0.4, -0.2) is 24.3 Å². The molecule has 4 N–H and O–H groups in total. The molecule has 0 aromatic heterocycles. The summed E-state index contributed by atoms with van der Waals surface area (Å²) in [5.41, 5.74) is 1.75. The van der Waals surface area contributed by atoms with Gasteiger partial charge in [0.15, 0.2) is 10.2 Å². The van der Waals surface area contributed by atoms with Gasteiger partial charge in [-0.3, -0.25) is 0 Å². The van der Waals surface area contributed by atoms with Crippen LogP contribution in [0.1, 0.15) is 0 Å². The maximum absolute atomic E-state index is 5.04. The highest BCUT2D eigenvalue weighted by Crippen LogP contribution is 2.20. The van der Waals surface area contributed by atoms with Crippen LogP contribution < -0.4 is 21.3 Å². The van der Waals surface area contributed by atoms with Gasteiger partial charge in [0.05, 0.1) is 11.4 Å².